The van der Waals surface area contributed by atoms with Crippen molar-refractivity contribution in [2.24, 2.45) is 5.73 Å². The summed E-state index contributed by atoms with van der Waals surface area (Å²) in [6.45, 7) is 6.38. The van der Waals surface area contributed by atoms with Crippen LogP contribution in [0, 0.1) is 0 Å². The fraction of sp³-hybridized carbons (Fsp3) is 0.412. The van der Waals surface area contributed by atoms with Gasteiger partial charge in [0.25, 0.3) is 5.91 Å². The quantitative estimate of drug-likeness (QED) is 0.0387. The molecule has 18 heteroatoms. The van der Waals surface area contributed by atoms with Gasteiger partial charge in [-0.25, -0.2) is 5.48 Å². The van der Waals surface area contributed by atoms with Crippen molar-refractivity contribution in [1.29, 1.82) is 0 Å². The first-order valence-electron chi connectivity index (χ1n) is 15.7. The highest BCUT2D eigenvalue weighted by Gasteiger charge is 2.23. The third kappa shape index (κ3) is 21.5. The minimum atomic E-state index is -1.29. The maximum Gasteiger partial charge on any atom is 0.321 e. The number of aliphatic carboxylic acids is 3. The van der Waals surface area contributed by atoms with Gasteiger partial charge in [-0.2, -0.15) is 0 Å². The predicted molar refractivity (Wildman–Crippen MR) is 184 cm³/mol. The van der Waals surface area contributed by atoms with Crippen LogP contribution in [0.5, 0.6) is 11.5 Å². The molecule has 0 aliphatic heterocycles. The Bertz CT molecular complexity index is 1400. The summed E-state index contributed by atoms with van der Waals surface area (Å²) in [6, 6.07) is 11.3. The van der Waals surface area contributed by atoms with Gasteiger partial charge in [0.05, 0.1) is 46.1 Å². The van der Waals surface area contributed by atoms with Crippen molar-refractivity contribution in [1.82, 2.24) is 16.1 Å². The summed E-state index contributed by atoms with van der Waals surface area (Å²) in [5, 5.41) is 39.6. The van der Waals surface area contributed by atoms with E-state index >= 15 is 0 Å². The second-order valence-electron chi connectivity index (χ2n) is 10.5. The van der Waals surface area contributed by atoms with Crippen LogP contribution in [0.25, 0.3) is 0 Å². The number of amides is 1. The van der Waals surface area contributed by atoms with Gasteiger partial charge < -0.3 is 45.3 Å². The summed E-state index contributed by atoms with van der Waals surface area (Å²) in [5.74, 6) is -3.89. The van der Waals surface area contributed by atoms with E-state index in [4.69, 9.17) is 45.2 Å². The average molecular weight is 737 g/mol. The summed E-state index contributed by atoms with van der Waals surface area (Å²) in [6.07, 6.45) is 1.22. The lowest BCUT2D eigenvalue weighted by Gasteiger charge is -2.16. The van der Waals surface area contributed by atoms with E-state index in [2.05, 4.69) is 17.2 Å². The highest BCUT2D eigenvalue weighted by Crippen LogP contribution is 2.12. The Balaban J connectivity index is 0.000000814. The zero-order valence-electron chi connectivity index (χ0n) is 29.2. The van der Waals surface area contributed by atoms with Gasteiger partial charge >= 0.3 is 29.8 Å². The lowest BCUT2D eigenvalue weighted by molar-refractivity contribution is -0.148. The molecule has 1 amide bonds. The normalized spacial score (nSPS) is 11.7. The van der Waals surface area contributed by atoms with Crippen LogP contribution < -0.4 is 31.3 Å². The van der Waals surface area contributed by atoms with Crippen LogP contribution in [0.15, 0.2) is 61.2 Å². The third-order valence-corrected chi connectivity index (χ3v) is 6.43. The SMILES string of the molecule is C=CCOC(=O)CC(NCc1ccc(OC)cc1)C(=O)O.CCCOC(=O)CC(NCc1ccc(OC)cc1)C(=O)NO.NC(CC(=O)O)C(=O)O. The average Bonchev–Trinajstić information content (AvgIpc) is 3.13. The molecule has 0 radical (unpaired) electrons. The number of carboxylic acid groups (broad SMARTS) is 3. The van der Waals surface area contributed by atoms with Crippen LogP contribution in [0.4, 0.5) is 0 Å². The molecule has 0 fully saturated rings. The van der Waals surface area contributed by atoms with Crippen LogP contribution in [-0.2, 0) is 51.3 Å². The lowest BCUT2D eigenvalue weighted by atomic mass is 10.1. The van der Waals surface area contributed by atoms with E-state index in [0.29, 0.717) is 26.1 Å². The molecular formula is C34H48N4O14. The van der Waals surface area contributed by atoms with E-state index in [1.165, 1.54) is 6.08 Å². The Morgan fingerprint density at radius 2 is 1.21 bits per heavy atom. The number of rotatable bonds is 21. The van der Waals surface area contributed by atoms with Gasteiger partial charge in [0.15, 0.2) is 0 Å². The van der Waals surface area contributed by atoms with Crippen molar-refractivity contribution < 1.29 is 68.2 Å². The first-order chi connectivity index (χ1) is 24.7. The largest absolute Gasteiger partial charge is 0.497 e. The van der Waals surface area contributed by atoms with E-state index in [0.717, 1.165) is 22.6 Å². The van der Waals surface area contributed by atoms with E-state index < -0.39 is 60.3 Å². The van der Waals surface area contributed by atoms with Crippen molar-refractivity contribution in [2.75, 3.05) is 27.4 Å². The molecule has 0 saturated carbocycles. The number of hydroxylamine groups is 1. The summed E-state index contributed by atoms with van der Waals surface area (Å²) < 4.78 is 19.8. The highest BCUT2D eigenvalue weighted by atomic mass is 16.5. The van der Waals surface area contributed by atoms with Crippen molar-refractivity contribution in [3.63, 3.8) is 0 Å². The molecular weight excluding hydrogens is 688 g/mol. The molecule has 0 aromatic heterocycles. The van der Waals surface area contributed by atoms with Gasteiger partial charge in [-0.1, -0.05) is 43.8 Å². The van der Waals surface area contributed by atoms with Crippen LogP contribution in [0.1, 0.15) is 43.7 Å². The van der Waals surface area contributed by atoms with E-state index in [-0.39, 0.29) is 19.4 Å². The summed E-state index contributed by atoms with van der Waals surface area (Å²) in [4.78, 5) is 65.3. The van der Waals surface area contributed by atoms with E-state index in [1.807, 2.05) is 31.2 Å². The fourth-order valence-electron chi connectivity index (χ4n) is 3.65. The zero-order chi connectivity index (χ0) is 39.5. The van der Waals surface area contributed by atoms with Crippen LogP contribution >= 0.6 is 0 Å². The smallest absolute Gasteiger partial charge is 0.321 e. The number of carbonyl (C=O) groups is 6. The topological polar surface area (TPSA) is 282 Å². The molecule has 0 spiro atoms. The third-order valence-electron chi connectivity index (χ3n) is 6.43. The summed E-state index contributed by atoms with van der Waals surface area (Å²) in [5.41, 5.74) is 8.19. The van der Waals surface area contributed by atoms with Crippen LogP contribution in [-0.4, -0.2) is 102 Å². The summed E-state index contributed by atoms with van der Waals surface area (Å²) >= 11 is 0. The number of esters is 2. The first-order valence-corrected chi connectivity index (χ1v) is 15.7. The standard InChI is InChI=1S/C15H22N2O5.C15H19NO5.C4H7NO4/c1-3-8-22-14(18)9-13(15(19)17-20)16-10-11-4-6-12(21-2)7-5-11;1-3-8-21-14(17)9-13(15(18)19)16-10-11-4-6-12(20-2)7-5-11;5-2(4(8)9)1-3(6)7/h4-7,13,16,20H,3,8-10H2,1-2H3,(H,17,19);3-7,13,16H,1,8-10H2,2H3,(H,18,19);2H,1,5H2,(H,6,7)(H,8,9). The molecule has 288 valence electrons. The Morgan fingerprint density at radius 1 is 0.750 bits per heavy atom. The van der Waals surface area contributed by atoms with Gasteiger partial charge in [-0.3, -0.25) is 39.3 Å². The molecule has 3 unspecified atom stereocenters. The van der Waals surface area contributed by atoms with Crippen molar-refractivity contribution >= 4 is 35.8 Å². The van der Waals surface area contributed by atoms with Crippen molar-refractivity contribution in [3.8, 4) is 11.5 Å². The minimum Gasteiger partial charge on any atom is -0.497 e. The molecule has 0 bridgehead atoms. The lowest BCUT2D eigenvalue weighted by Crippen LogP contribution is -2.44. The molecule has 0 aliphatic carbocycles. The second kappa shape index (κ2) is 27.2. The maximum absolute atomic E-state index is 11.6. The Labute approximate surface area is 300 Å². The number of ether oxygens (including phenoxy) is 4. The molecule has 3 atom stereocenters. The van der Waals surface area contributed by atoms with Crippen molar-refractivity contribution in [2.45, 2.75) is 63.8 Å². The number of benzene rings is 2. The molecule has 52 heavy (non-hydrogen) atoms. The Morgan fingerprint density at radius 3 is 1.58 bits per heavy atom. The van der Waals surface area contributed by atoms with Gasteiger partial charge in [-0.15, -0.1) is 0 Å². The number of carbonyl (C=O) groups excluding carboxylic acids is 3. The van der Waals surface area contributed by atoms with Gasteiger partial charge in [-0.05, 0) is 41.8 Å². The number of carboxylic acids is 3. The van der Waals surface area contributed by atoms with Crippen LogP contribution in [0.2, 0.25) is 0 Å². The molecule has 2 aromatic rings. The molecule has 0 heterocycles. The Kier molecular flexibility index (Phi) is 24.3. The summed E-state index contributed by atoms with van der Waals surface area (Å²) in [7, 11) is 3.15. The molecule has 0 aliphatic rings. The van der Waals surface area contributed by atoms with Gasteiger partial charge in [0, 0.05) is 13.1 Å². The first kappa shape index (κ1) is 46.4. The van der Waals surface area contributed by atoms with Gasteiger partial charge in [0.2, 0.25) is 0 Å². The number of nitrogens with one attached hydrogen (secondary N) is 3. The highest BCUT2D eigenvalue weighted by molar-refractivity contribution is 5.86. The van der Waals surface area contributed by atoms with Crippen molar-refractivity contribution in [3.05, 3.63) is 72.3 Å². The zero-order valence-corrected chi connectivity index (χ0v) is 29.2. The van der Waals surface area contributed by atoms with Crippen LogP contribution in [0.3, 0.4) is 0 Å². The fourth-order valence-corrected chi connectivity index (χ4v) is 3.65. The Hall–Kier alpha value is -5.56. The maximum atomic E-state index is 11.6. The molecule has 2 rings (SSSR count). The van der Waals surface area contributed by atoms with E-state index in [9.17, 15) is 28.8 Å². The monoisotopic (exact) mass is 736 g/mol. The molecule has 18 nitrogen and oxygen atoms in total. The van der Waals surface area contributed by atoms with Gasteiger partial charge in [0.1, 0.15) is 30.2 Å². The number of methoxy groups -OCH3 is 2. The predicted octanol–water partition coefficient (Wildman–Crippen LogP) is 1.23. The second-order valence-corrected chi connectivity index (χ2v) is 10.5. The minimum absolute atomic E-state index is 0.0731. The number of hydrogen-bond donors (Lipinski definition) is 8. The van der Waals surface area contributed by atoms with E-state index in [1.54, 1.807) is 44.0 Å². The number of nitrogens with two attached hydrogens (primary N) is 1. The molecule has 2 aromatic carbocycles. The molecule has 9 N–H and O–H groups in total. The molecule has 0 saturated heterocycles. The number of hydrogen-bond acceptors (Lipinski definition) is 14.